The lowest BCUT2D eigenvalue weighted by Crippen LogP contribution is -2.46. The Bertz CT molecular complexity index is 445. The van der Waals surface area contributed by atoms with Crippen molar-refractivity contribution in [1.29, 1.82) is 0 Å². The van der Waals surface area contributed by atoms with Crippen molar-refractivity contribution in [1.82, 2.24) is 10.6 Å². The van der Waals surface area contributed by atoms with Crippen molar-refractivity contribution in [3.05, 3.63) is 22.4 Å². The van der Waals surface area contributed by atoms with E-state index in [9.17, 15) is 14.4 Å². The van der Waals surface area contributed by atoms with Crippen LogP contribution in [0.4, 0.5) is 0 Å². The van der Waals surface area contributed by atoms with Crippen LogP contribution in [0, 0.1) is 0 Å². The number of amides is 2. The third kappa shape index (κ3) is 5.09. The number of rotatable bonds is 6. The topological polar surface area (TPSA) is 84.5 Å². The molecule has 1 atom stereocenters. The third-order valence-electron chi connectivity index (χ3n) is 2.20. The maximum Gasteiger partial charge on any atom is 0.325 e. The van der Waals surface area contributed by atoms with E-state index in [1.807, 2.05) is 0 Å². The lowest BCUT2D eigenvalue weighted by molar-refractivity contribution is -0.143. The highest BCUT2D eigenvalue weighted by Gasteiger charge is 2.17. The minimum absolute atomic E-state index is 0.202. The Kier molecular flexibility index (Phi) is 6.01. The van der Waals surface area contributed by atoms with Crippen molar-refractivity contribution in [2.45, 2.75) is 19.9 Å². The fourth-order valence-electron chi connectivity index (χ4n) is 1.27. The molecule has 1 aromatic rings. The Morgan fingerprint density at radius 3 is 2.74 bits per heavy atom. The fraction of sp³-hybridized carbons (Fsp3) is 0.417. The monoisotopic (exact) mass is 284 g/mol. The van der Waals surface area contributed by atoms with Crippen LogP contribution in [0.1, 0.15) is 23.5 Å². The molecule has 6 nitrogen and oxygen atoms in total. The number of hydrogen-bond donors (Lipinski definition) is 2. The summed E-state index contributed by atoms with van der Waals surface area (Å²) in [7, 11) is 0. The minimum Gasteiger partial charge on any atom is -0.465 e. The van der Waals surface area contributed by atoms with E-state index in [2.05, 4.69) is 15.4 Å². The number of carbonyl (C=O) groups excluding carboxylic acids is 3. The largest absolute Gasteiger partial charge is 0.465 e. The summed E-state index contributed by atoms with van der Waals surface area (Å²) in [5.41, 5.74) is 0. The van der Waals surface area contributed by atoms with Gasteiger partial charge < -0.3 is 15.4 Å². The number of nitrogens with one attached hydrogen (secondary N) is 2. The van der Waals surface area contributed by atoms with Crippen LogP contribution in [0.3, 0.4) is 0 Å². The van der Waals surface area contributed by atoms with Gasteiger partial charge in [0.25, 0.3) is 5.91 Å². The average molecular weight is 284 g/mol. The Hall–Kier alpha value is -1.89. The quantitative estimate of drug-likeness (QED) is 0.747. The zero-order valence-electron chi connectivity index (χ0n) is 10.8. The van der Waals surface area contributed by atoms with Gasteiger partial charge in [-0.15, -0.1) is 11.3 Å². The molecule has 0 spiro atoms. The molecule has 2 amide bonds. The van der Waals surface area contributed by atoms with Gasteiger partial charge in [0.05, 0.1) is 11.5 Å². The Morgan fingerprint density at radius 2 is 2.16 bits per heavy atom. The number of carbonyl (C=O) groups is 3. The molecule has 0 aliphatic heterocycles. The van der Waals surface area contributed by atoms with Gasteiger partial charge in [-0.3, -0.25) is 14.4 Å². The first-order valence-electron chi connectivity index (χ1n) is 5.82. The molecule has 104 valence electrons. The average Bonchev–Trinajstić information content (AvgIpc) is 2.90. The molecular weight excluding hydrogens is 268 g/mol. The van der Waals surface area contributed by atoms with Crippen LogP contribution in [-0.4, -0.2) is 37.0 Å². The molecule has 1 unspecified atom stereocenters. The smallest absolute Gasteiger partial charge is 0.325 e. The molecule has 0 fully saturated rings. The molecule has 19 heavy (non-hydrogen) atoms. The van der Waals surface area contributed by atoms with Crippen molar-refractivity contribution in [2.75, 3.05) is 13.2 Å². The first-order valence-corrected chi connectivity index (χ1v) is 6.70. The number of hydrogen-bond acceptors (Lipinski definition) is 5. The van der Waals surface area contributed by atoms with Crippen molar-refractivity contribution in [3.8, 4) is 0 Å². The molecule has 0 aromatic carbocycles. The van der Waals surface area contributed by atoms with E-state index in [1.165, 1.54) is 11.3 Å². The molecule has 2 N–H and O–H groups in total. The first-order chi connectivity index (χ1) is 9.04. The van der Waals surface area contributed by atoms with Gasteiger partial charge in [-0.05, 0) is 25.3 Å². The molecule has 1 rings (SSSR count). The summed E-state index contributed by atoms with van der Waals surface area (Å²) in [6.45, 7) is 3.29. The summed E-state index contributed by atoms with van der Waals surface area (Å²) in [4.78, 5) is 34.9. The van der Waals surface area contributed by atoms with Crippen LogP contribution in [0.15, 0.2) is 17.5 Å². The van der Waals surface area contributed by atoms with Gasteiger partial charge in [-0.1, -0.05) is 6.07 Å². The summed E-state index contributed by atoms with van der Waals surface area (Å²) < 4.78 is 4.67. The van der Waals surface area contributed by atoms with Gasteiger partial charge >= 0.3 is 5.97 Å². The Morgan fingerprint density at radius 1 is 1.42 bits per heavy atom. The van der Waals surface area contributed by atoms with Crippen LogP contribution in [0.25, 0.3) is 0 Å². The lowest BCUT2D eigenvalue weighted by Gasteiger charge is -2.13. The second kappa shape index (κ2) is 7.52. The number of esters is 1. The lowest BCUT2D eigenvalue weighted by atomic mass is 10.3. The zero-order chi connectivity index (χ0) is 14.3. The van der Waals surface area contributed by atoms with Gasteiger partial charge in [0.15, 0.2) is 0 Å². The van der Waals surface area contributed by atoms with E-state index in [4.69, 9.17) is 0 Å². The molecule has 0 saturated carbocycles. The molecule has 0 saturated heterocycles. The second-order valence-electron chi connectivity index (χ2n) is 3.70. The number of thiophene rings is 1. The van der Waals surface area contributed by atoms with Crippen molar-refractivity contribution in [2.24, 2.45) is 0 Å². The standard InChI is InChI=1S/C12H16N2O4S/c1-3-18-10(15)7-13-11(16)8(2)14-12(17)9-5-4-6-19-9/h4-6,8H,3,7H2,1-2H3,(H,13,16)(H,14,17). The molecule has 0 aliphatic rings. The van der Waals surface area contributed by atoms with Crippen molar-refractivity contribution >= 4 is 29.1 Å². The van der Waals surface area contributed by atoms with Gasteiger partial charge in [-0.2, -0.15) is 0 Å². The van der Waals surface area contributed by atoms with Crippen molar-refractivity contribution < 1.29 is 19.1 Å². The van der Waals surface area contributed by atoms with Gasteiger partial charge in [0.2, 0.25) is 5.91 Å². The Labute approximate surface area is 115 Å². The summed E-state index contributed by atoms with van der Waals surface area (Å²) >= 11 is 1.29. The summed E-state index contributed by atoms with van der Waals surface area (Å²) in [6.07, 6.45) is 0. The van der Waals surface area contributed by atoms with Gasteiger partial charge in [-0.25, -0.2) is 0 Å². The molecule has 1 heterocycles. The van der Waals surface area contributed by atoms with E-state index in [-0.39, 0.29) is 19.1 Å². The second-order valence-corrected chi connectivity index (χ2v) is 4.64. The van der Waals surface area contributed by atoms with E-state index in [0.29, 0.717) is 4.88 Å². The van der Waals surface area contributed by atoms with E-state index < -0.39 is 17.9 Å². The normalized spacial score (nSPS) is 11.5. The van der Waals surface area contributed by atoms with Crippen LogP contribution >= 0.6 is 11.3 Å². The van der Waals surface area contributed by atoms with E-state index >= 15 is 0 Å². The SMILES string of the molecule is CCOC(=O)CNC(=O)C(C)NC(=O)c1cccs1. The van der Waals surface area contributed by atoms with Gasteiger partial charge in [0, 0.05) is 0 Å². The maximum atomic E-state index is 11.7. The zero-order valence-corrected chi connectivity index (χ0v) is 11.6. The molecule has 0 radical (unpaired) electrons. The predicted molar refractivity (Wildman–Crippen MR) is 70.9 cm³/mol. The summed E-state index contributed by atoms with van der Waals surface area (Å²) in [6, 6.07) is 2.71. The number of ether oxygens (including phenoxy) is 1. The summed E-state index contributed by atoms with van der Waals surface area (Å²) in [5, 5.41) is 6.72. The highest BCUT2D eigenvalue weighted by molar-refractivity contribution is 7.12. The van der Waals surface area contributed by atoms with Crippen LogP contribution in [-0.2, 0) is 14.3 Å². The molecule has 0 bridgehead atoms. The fourth-order valence-corrected chi connectivity index (χ4v) is 1.89. The van der Waals surface area contributed by atoms with E-state index in [0.717, 1.165) is 0 Å². The first kappa shape index (κ1) is 15.2. The molecule has 7 heteroatoms. The minimum atomic E-state index is -0.718. The highest BCUT2D eigenvalue weighted by Crippen LogP contribution is 2.07. The van der Waals surface area contributed by atoms with Gasteiger partial charge in [0.1, 0.15) is 12.6 Å². The van der Waals surface area contributed by atoms with Crippen molar-refractivity contribution in [3.63, 3.8) is 0 Å². The third-order valence-corrected chi connectivity index (χ3v) is 3.07. The highest BCUT2D eigenvalue weighted by atomic mass is 32.1. The van der Waals surface area contributed by atoms with Crippen LogP contribution in [0.2, 0.25) is 0 Å². The van der Waals surface area contributed by atoms with Crippen LogP contribution < -0.4 is 10.6 Å². The Balaban J connectivity index is 2.36. The molecule has 0 aliphatic carbocycles. The summed E-state index contributed by atoms with van der Waals surface area (Å²) in [5.74, 6) is -1.25. The predicted octanol–water partition coefficient (Wildman–Crippen LogP) is 0.546. The molecule has 1 aromatic heterocycles. The van der Waals surface area contributed by atoms with Crippen LogP contribution in [0.5, 0.6) is 0 Å². The van der Waals surface area contributed by atoms with E-state index in [1.54, 1.807) is 31.4 Å². The maximum absolute atomic E-state index is 11.7. The molecular formula is C12H16N2O4S.